The minimum Gasteiger partial charge on any atom is -0.468 e. The van der Waals surface area contributed by atoms with E-state index in [9.17, 15) is 0 Å². The standard InChI is InChI=1S/C16H29NO/c1-3-5-6-7-8-9-10-12-15(17-4-2)16-13-11-14-18-16/h11,13-15,17H,3-10,12H2,1-2H3. The molecule has 0 aliphatic heterocycles. The molecule has 104 valence electrons. The summed E-state index contributed by atoms with van der Waals surface area (Å²) in [4.78, 5) is 0. The van der Waals surface area contributed by atoms with Crippen LogP contribution in [0.5, 0.6) is 0 Å². The molecule has 0 aliphatic carbocycles. The lowest BCUT2D eigenvalue weighted by molar-refractivity contribution is 0.389. The van der Waals surface area contributed by atoms with Crippen molar-refractivity contribution in [3.8, 4) is 0 Å². The molecule has 0 radical (unpaired) electrons. The highest BCUT2D eigenvalue weighted by atomic mass is 16.3. The van der Waals surface area contributed by atoms with Crippen molar-refractivity contribution >= 4 is 0 Å². The number of rotatable bonds is 11. The molecule has 1 aromatic rings. The predicted octanol–water partition coefficient (Wildman–Crippen LogP) is 5.07. The molecule has 1 atom stereocenters. The van der Waals surface area contributed by atoms with Gasteiger partial charge in [-0.05, 0) is 25.1 Å². The van der Waals surface area contributed by atoms with Crippen molar-refractivity contribution in [3.05, 3.63) is 24.2 Å². The average molecular weight is 251 g/mol. The average Bonchev–Trinajstić information content (AvgIpc) is 2.90. The second-order valence-electron chi connectivity index (χ2n) is 5.04. The summed E-state index contributed by atoms with van der Waals surface area (Å²) in [7, 11) is 0. The van der Waals surface area contributed by atoms with E-state index < -0.39 is 0 Å². The lowest BCUT2D eigenvalue weighted by Crippen LogP contribution is -2.20. The van der Waals surface area contributed by atoms with E-state index in [2.05, 4.69) is 25.2 Å². The number of hydrogen-bond donors (Lipinski definition) is 1. The molecule has 18 heavy (non-hydrogen) atoms. The molecular weight excluding hydrogens is 222 g/mol. The highest BCUT2D eigenvalue weighted by molar-refractivity contribution is 5.04. The molecule has 1 N–H and O–H groups in total. The molecule has 2 heteroatoms. The molecule has 1 unspecified atom stereocenters. The highest BCUT2D eigenvalue weighted by Crippen LogP contribution is 2.20. The summed E-state index contributed by atoms with van der Waals surface area (Å²) in [5.74, 6) is 1.09. The minimum atomic E-state index is 0.403. The van der Waals surface area contributed by atoms with Crippen LogP contribution in [0.2, 0.25) is 0 Å². The van der Waals surface area contributed by atoms with Crippen LogP contribution in [0.1, 0.15) is 77.0 Å². The van der Waals surface area contributed by atoms with Crippen molar-refractivity contribution in [1.82, 2.24) is 5.32 Å². The van der Waals surface area contributed by atoms with Crippen molar-refractivity contribution in [2.24, 2.45) is 0 Å². The van der Waals surface area contributed by atoms with Gasteiger partial charge in [0.15, 0.2) is 0 Å². The van der Waals surface area contributed by atoms with Crippen LogP contribution in [0.4, 0.5) is 0 Å². The van der Waals surface area contributed by atoms with Crippen LogP contribution in [0.25, 0.3) is 0 Å². The Morgan fingerprint density at radius 2 is 1.78 bits per heavy atom. The Kier molecular flexibility index (Phi) is 8.66. The number of furan rings is 1. The third-order valence-corrected chi connectivity index (χ3v) is 3.43. The van der Waals surface area contributed by atoms with E-state index in [0.29, 0.717) is 6.04 Å². The van der Waals surface area contributed by atoms with Crippen LogP contribution < -0.4 is 5.32 Å². The van der Waals surface area contributed by atoms with Crippen LogP contribution in [-0.4, -0.2) is 6.54 Å². The van der Waals surface area contributed by atoms with Gasteiger partial charge in [0.1, 0.15) is 5.76 Å². The largest absolute Gasteiger partial charge is 0.468 e. The summed E-state index contributed by atoms with van der Waals surface area (Å²) in [6.07, 6.45) is 12.5. The lowest BCUT2D eigenvalue weighted by atomic mass is 10.0. The minimum absolute atomic E-state index is 0.403. The van der Waals surface area contributed by atoms with E-state index in [1.165, 1.54) is 51.4 Å². The Bertz CT molecular complexity index is 269. The Morgan fingerprint density at radius 3 is 2.39 bits per heavy atom. The molecular formula is C16H29NO. The molecule has 0 amide bonds. The van der Waals surface area contributed by atoms with Crippen molar-refractivity contribution < 1.29 is 4.42 Å². The zero-order chi connectivity index (χ0) is 13.1. The summed E-state index contributed by atoms with van der Waals surface area (Å²) in [6.45, 7) is 5.42. The highest BCUT2D eigenvalue weighted by Gasteiger charge is 2.11. The van der Waals surface area contributed by atoms with E-state index in [4.69, 9.17) is 4.42 Å². The van der Waals surface area contributed by atoms with Gasteiger partial charge in [-0.1, -0.05) is 58.8 Å². The third-order valence-electron chi connectivity index (χ3n) is 3.43. The van der Waals surface area contributed by atoms with Crippen LogP contribution >= 0.6 is 0 Å². The monoisotopic (exact) mass is 251 g/mol. The molecule has 0 aromatic carbocycles. The second kappa shape index (κ2) is 10.2. The smallest absolute Gasteiger partial charge is 0.120 e. The Balaban J connectivity index is 2.11. The van der Waals surface area contributed by atoms with Gasteiger partial charge in [0.05, 0.1) is 12.3 Å². The van der Waals surface area contributed by atoms with Crippen LogP contribution in [0, 0.1) is 0 Å². The Hall–Kier alpha value is -0.760. The quantitative estimate of drug-likeness (QED) is 0.555. The summed E-state index contributed by atoms with van der Waals surface area (Å²) in [6, 6.07) is 4.46. The Labute approximate surface area is 112 Å². The second-order valence-corrected chi connectivity index (χ2v) is 5.04. The van der Waals surface area contributed by atoms with Gasteiger partial charge in [-0.2, -0.15) is 0 Å². The van der Waals surface area contributed by atoms with E-state index in [1.807, 2.05) is 6.07 Å². The summed E-state index contributed by atoms with van der Waals surface area (Å²) in [5.41, 5.74) is 0. The zero-order valence-electron chi connectivity index (χ0n) is 12.1. The van der Waals surface area contributed by atoms with Gasteiger partial charge in [0.25, 0.3) is 0 Å². The van der Waals surface area contributed by atoms with Crippen LogP contribution in [0.15, 0.2) is 22.8 Å². The Morgan fingerprint density at radius 1 is 1.06 bits per heavy atom. The molecule has 0 spiro atoms. The first-order valence-electron chi connectivity index (χ1n) is 7.65. The topological polar surface area (TPSA) is 25.2 Å². The first-order valence-corrected chi connectivity index (χ1v) is 7.65. The maximum Gasteiger partial charge on any atom is 0.120 e. The number of unbranched alkanes of at least 4 members (excludes halogenated alkanes) is 6. The maximum atomic E-state index is 5.50. The first-order chi connectivity index (χ1) is 8.88. The lowest BCUT2D eigenvalue weighted by Gasteiger charge is -2.15. The van der Waals surface area contributed by atoms with Crippen molar-refractivity contribution in [2.75, 3.05) is 6.54 Å². The molecule has 1 aromatic heterocycles. The zero-order valence-corrected chi connectivity index (χ0v) is 12.1. The van der Waals surface area contributed by atoms with E-state index in [0.717, 1.165) is 12.3 Å². The molecule has 0 saturated heterocycles. The fourth-order valence-corrected chi connectivity index (χ4v) is 2.39. The SMILES string of the molecule is CCCCCCCCCC(NCC)c1ccco1. The van der Waals surface area contributed by atoms with Gasteiger partial charge in [-0.3, -0.25) is 0 Å². The molecule has 0 saturated carbocycles. The van der Waals surface area contributed by atoms with Crippen molar-refractivity contribution in [3.63, 3.8) is 0 Å². The van der Waals surface area contributed by atoms with Gasteiger partial charge >= 0.3 is 0 Å². The van der Waals surface area contributed by atoms with E-state index >= 15 is 0 Å². The molecule has 2 nitrogen and oxygen atoms in total. The molecule has 0 aliphatic rings. The van der Waals surface area contributed by atoms with Crippen molar-refractivity contribution in [1.29, 1.82) is 0 Å². The normalized spacial score (nSPS) is 12.8. The predicted molar refractivity (Wildman–Crippen MR) is 77.7 cm³/mol. The van der Waals surface area contributed by atoms with Crippen LogP contribution in [-0.2, 0) is 0 Å². The fraction of sp³-hybridized carbons (Fsp3) is 0.750. The van der Waals surface area contributed by atoms with Gasteiger partial charge in [0, 0.05) is 0 Å². The first kappa shape index (κ1) is 15.3. The van der Waals surface area contributed by atoms with Gasteiger partial charge in [0.2, 0.25) is 0 Å². The van der Waals surface area contributed by atoms with E-state index in [1.54, 1.807) is 6.26 Å². The molecule has 1 rings (SSSR count). The van der Waals surface area contributed by atoms with E-state index in [-0.39, 0.29) is 0 Å². The van der Waals surface area contributed by atoms with Gasteiger partial charge < -0.3 is 9.73 Å². The summed E-state index contributed by atoms with van der Waals surface area (Å²) < 4.78 is 5.50. The number of nitrogens with one attached hydrogen (secondary N) is 1. The summed E-state index contributed by atoms with van der Waals surface area (Å²) >= 11 is 0. The van der Waals surface area contributed by atoms with Gasteiger partial charge in [-0.25, -0.2) is 0 Å². The number of hydrogen-bond acceptors (Lipinski definition) is 2. The van der Waals surface area contributed by atoms with Crippen molar-refractivity contribution in [2.45, 2.75) is 71.3 Å². The van der Waals surface area contributed by atoms with Gasteiger partial charge in [-0.15, -0.1) is 0 Å². The fourth-order valence-electron chi connectivity index (χ4n) is 2.39. The molecule has 1 heterocycles. The summed E-state index contributed by atoms with van der Waals surface area (Å²) in [5, 5.41) is 3.50. The van der Waals surface area contributed by atoms with Crippen LogP contribution in [0.3, 0.4) is 0 Å². The molecule has 0 fully saturated rings. The maximum absolute atomic E-state index is 5.50. The molecule has 0 bridgehead atoms. The third kappa shape index (κ3) is 6.25.